The van der Waals surface area contributed by atoms with E-state index in [-0.39, 0.29) is 29.3 Å². The van der Waals surface area contributed by atoms with Crippen LogP contribution >= 0.6 is 0 Å². The highest BCUT2D eigenvalue weighted by Gasteiger charge is 2.30. The fourth-order valence-electron chi connectivity index (χ4n) is 2.79. The lowest BCUT2D eigenvalue weighted by Gasteiger charge is -2.22. The molecule has 0 radical (unpaired) electrons. The van der Waals surface area contributed by atoms with Crippen molar-refractivity contribution in [2.75, 3.05) is 18.1 Å². The van der Waals surface area contributed by atoms with Crippen molar-refractivity contribution in [2.45, 2.75) is 32.2 Å². The first-order valence-electron chi connectivity index (χ1n) is 7.20. The Morgan fingerprint density at radius 2 is 2.15 bits per heavy atom. The Labute approximate surface area is 120 Å². The largest absolute Gasteiger partial charge is 0.310 e. The first-order valence-corrected chi connectivity index (χ1v) is 9.02. The predicted molar refractivity (Wildman–Crippen MR) is 78.8 cm³/mol. The van der Waals surface area contributed by atoms with Crippen LogP contribution in [0.2, 0.25) is 0 Å². The van der Waals surface area contributed by atoms with Crippen LogP contribution in [-0.2, 0) is 9.84 Å². The fraction of sp³-hybridized carbons (Fsp3) is 0.600. The highest BCUT2D eigenvalue weighted by molar-refractivity contribution is 7.91. The van der Waals surface area contributed by atoms with Gasteiger partial charge in [0.2, 0.25) is 0 Å². The summed E-state index contributed by atoms with van der Waals surface area (Å²) in [5.74, 6) is 0.428. The molecule has 0 saturated carbocycles. The van der Waals surface area contributed by atoms with E-state index in [2.05, 4.69) is 12.2 Å². The lowest BCUT2D eigenvalue weighted by Crippen LogP contribution is -2.25. The minimum atomic E-state index is -2.88. The average Bonchev–Trinajstić information content (AvgIpc) is 2.75. The van der Waals surface area contributed by atoms with Gasteiger partial charge in [0, 0.05) is 11.6 Å². The second kappa shape index (κ2) is 6.68. The minimum Gasteiger partial charge on any atom is -0.310 e. The van der Waals surface area contributed by atoms with E-state index in [4.69, 9.17) is 0 Å². The second-order valence-electron chi connectivity index (χ2n) is 5.53. The van der Waals surface area contributed by atoms with Gasteiger partial charge in [0.15, 0.2) is 9.84 Å². The van der Waals surface area contributed by atoms with Crippen molar-refractivity contribution in [2.24, 2.45) is 5.92 Å². The Hall–Kier alpha value is -0.940. The topological polar surface area (TPSA) is 46.2 Å². The van der Waals surface area contributed by atoms with Gasteiger partial charge in [0.25, 0.3) is 0 Å². The van der Waals surface area contributed by atoms with E-state index >= 15 is 0 Å². The van der Waals surface area contributed by atoms with Crippen molar-refractivity contribution in [3.63, 3.8) is 0 Å². The smallest absolute Gasteiger partial charge is 0.150 e. The molecule has 1 N–H and O–H groups in total. The van der Waals surface area contributed by atoms with Gasteiger partial charge in [-0.05, 0) is 37.8 Å². The predicted octanol–water partition coefficient (Wildman–Crippen LogP) is 2.69. The van der Waals surface area contributed by atoms with Crippen LogP contribution in [0.25, 0.3) is 0 Å². The molecule has 0 bridgehead atoms. The lowest BCUT2D eigenvalue weighted by molar-refractivity contribution is 0.403. The Balaban J connectivity index is 2.10. The van der Waals surface area contributed by atoms with Gasteiger partial charge < -0.3 is 5.32 Å². The zero-order valence-corrected chi connectivity index (χ0v) is 12.6. The molecule has 0 aliphatic carbocycles. The van der Waals surface area contributed by atoms with Crippen molar-refractivity contribution >= 4 is 9.84 Å². The standard InChI is InChI=1S/C15H22FNO2S/c1-2-8-17-15(13-5-3-4-6-14(13)16)10-12-7-9-20(18,19)11-12/h3-6,12,15,17H,2,7-11H2,1H3. The van der Waals surface area contributed by atoms with Crippen molar-refractivity contribution in [1.82, 2.24) is 5.32 Å². The summed E-state index contributed by atoms with van der Waals surface area (Å²) in [5.41, 5.74) is 0.644. The van der Waals surface area contributed by atoms with Crippen molar-refractivity contribution in [3.8, 4) is 0 Å². The number of sulfone groups is 1. The summed E-state index contributed by atoms with van der Waals surface area (Å²) in [6.07, 6.45) is 2.34. The normalized spacial score (nSPS) is 22.8. The summed E-state index contributed by atoms with van der Waals surface area (Å²) >= 11 is 0. The molecular weight excluding hydrogens is 277 g/mol. The van der Waals surface area contributed by atoms with Crippen LogP contribution in [0.5, 0.6) is 0 Å². The summed E-state index contributed by atoms with van der Waals surface area (Å²) in [6, 6.07) is 6.64. The van der Waals surface area contributed by atoms with Crippen molar-refractivity contribution < 1.29 is 12.8 Å². The zero-order valence-electron chi connectivity index (χ0n) is 11.8. The molecule has 2 unspecified atom stereocenters. The Bertz CT molecular complexity index is 545. The van der Waals surface area contributed by atoms with Crippen molar-refractivity contribution in [1.29, 1.82) is 0 Å². The summed E-state index contributed by atoms with van der Waals surface area (Å²) in [7, 11) is -2.88. The molecule has 20 heavy (non-hydrogen) atoms. The van der Waals surface area contributed by atoms with Gasteiger partial charge in [0.05, 0.1) is 11.5 Å². The second-order valence-corrected chi connectivity index (χ2v) is 7.76. The molecule has 0 amide bonds. The van der Waals surface area contributed by atoms with Gasteiger partial charge in [-0.25, -0.2) is 12.8 Å². The molecule has 2 atom stereocenters. The van der Waals surface area contributed by atoms with Gasteiger partial charge in [-0.1, -0.05) is 25.1 Å². The number of benzene rings is 1. The number of nitrogens with one attached hydrogen (secondary N) is 1. The SMILES string of the molecule is CCCNC(CC1CCS(=O)(=O)C1)c1ccccc1F. The molecule has 1 fully saturated rings. The van der Waals surface area contributed by atoms with Gasteiger partial charge in [-0.15, -0.1) is 0 Å². The van der Waals surface area contributed by atoms with E-state index in [9.17, 15) is 12.8 Å². The maximum absolute atomic E-state index is 13.9. The monoisotopic (exact) mass is 299 g/mol. The van der Waals surface area contributed by atoms with Crippen LogP contribution < -0.4 is 5.32 Å². The lowest BCUT2D eigenvalue weighted by atomic mass is 9.94. The molecule has 1 aromatic carbocycles. The zero-order chi connectivity index (χ0) is 14.6. The van der Waals surface area contributed by atoms with Crippen LogP contribution in [0.4, 0.5) is 4.39 Å². The number of hydrogen-bond acceptors (Lipinski definition) is 3. The van der Waals surface area contributed by atoms with Crippen LogP contribution in [0.3, 0.4) is 0 Å². The van der Waals surface area contributed by atoms with E-state index in [0.29, 0.717) is 18.4 Å². The molecule has 0 spiro atoms. The maximum atomic E-state index is 13.9. The molecule has 1 aliphatic rings. The number of hydrogen-bond donors (Lipinski definition) is 1. The van der Waals surface area contributed by atoms with Crippen LogP contribution in [0, 0.1) is 11.7 Å². The van der Waals surface area contributed by atoms with E-state index in [1.54, 1.807) is 12.1 Å². The summed E-state index contributed by atoms with van der Waals surface area (Å²) in [5, 5.41) is 3.35. The Morgan fingerprint density at radius 1 is 1.40 bits per heavy atom. The molecule has 3 nitrogen and oxygen atoms in total. The van der Waals surface area contributed by atoms with E-state index in [1.807, 2.05) is 6.07 Å². The molecular formula is C15H22FNO2S. The third kappa shape index (κ3) is 4.03. The van der Waals surface area contributed by atoms with E-state index in [0.717, 1.165) is 13.0 Å². The highest BCUT2D eigenvalue weighted by atomic mass is 32.2. The maximum Gasteiger partial charge on any atom is 0.150 e. The third-order valence-electron chi connectivity index (χ3n) is 3.82. The highest BCUT2D eigenvalue weighted by Crippen LogP contribution is 2.30. The molecule has 1 saturated heterocycles. The quantitative estimate of drug-likeness (QED) is 0.878. The van der Waals surface area contributed by atoms with Crippen molar-refractivity contribution in [3.05, 3.63) is 35.6 Å². The van der Waals surface area contributed by atoms with Gasteiger partial charge >= 0.3 is 0 Å². The minimum absolute atomic E-state index is 0.102. The molecule has 5 heteroatoms. The Morgan fingerprint density at radius 3 is 2.75 bits per heavy atom. The number of halogens is 1. The Kier molecular flexibility index (Phi) is 5.16. The van der Waals surface area contributed by atoms with Crippen LogP contribution in [0.15, 0.2) is 24.3 Å². The number of rotatable bonds is 6. The molecule has 2 rings (SSSR count). The first kappa shape index (κ1) is 15.4. The first-order chi connectivity index (χ1) is 9.52. The molecule has 112 valence electrons. The van der Waals surface area contributed by atoms with E-state index in [1.165, 1.54) is 6.07 Å². The van der Waals surface area contributed by atoms with Gasteiger partial charge in [0.1, 0.15) is 5.82 Å². The van der Waals surface area contributed by atoms with Crippen LogP contribution in [0.1, 0.15) is 37.8 Å². The molecule has 1 aromatic rings. The molecule has 1 aliphatic heterocycles. The van der Waals surface area contributed by atoms with E-state index < -0.39 is 9.84 Å². The van der Waals surface area contributed by atoms with Gasteiger partial charge in [-0.3, -0.25) is 0 Å². The third-order valence-corrected chi connectivity index (χ3v) is 5.65. The summed E-state index contributed by atoms with van der Waals surface area (Å²) in [4.78, 5) is 0. The molecule has 1 heterocycles. The summed E-state index contributed by atoms with van der Waals surface area (Å²) < 4.78 is 37.0. The fourth-order valence-corrected chi connectivity index (χ4v) is 4.67. The average molecular weight is 299 g/mol. The van der Waals surface area contributed by atoms with Gasteiger partial charge in [-0.2, -0.15) is 0 Å². The molecule has 0 aromatic heterocycles. The van der Waals surface area contributed by atoms with Crippen LogP contribution in [-0.4, -0.2) is 26.5 Å². The summed E-state index contributed by atoms with van der Waals surface area (Å²) in [6.45, 7) is 2.86.